The first kappa shape index (κ1) is 18.3. The monoisotopic (exact) mass is 413 g/mol. The SMILES string of the molecule is O=C1c2ccccc2C(=O)c2cc(-c3[c]ccc4c3C(=O)c3ccccc3C4=O)ccc21. The van der Waals surface area contributed by atoms with Crippen LogP contribution in [0.15, 0.2) is 78.9 Å². The quantitative estimate of drug-likeness (QED) is 0.392. The zero-order chi connectivity index (χ0) is 22.0. The van der Waals surface area contributed by atoms with E-state index in [2.05, 4.69) is 6.07 Å². The lowest BCUT2D eigenvalue weighted by Gasteiger charge is -2.21. The molecule has 2 aliphatic rings. The van der Waals surface area contributed by atoms with E-state index < -0.39 is 0 Å². The minimum atomic E-state index is -0.257. The number of fused-ring (bicyclic) bond motifs is 4. The fourth-order valence-corrected chi connectivity index (χ4v) is 4.57. The molecule has 0 fully saturated rings. The molecule has 4 aromatic rings. The number of rotatable bonds is 1. The van der Waals surface area contributed by atoms with Crippen LogP contribution in [0.3, 0.4) is 0 Å². The summed E-state index contributed by atoms with van der Waals surface area (Å²) in [7, 11) is 0. The molecule has 0 N–H and O–H groups in total. The van der Waals surface area contributed by atoms with Crippen molar-refractivity contribution < 1.29 is 19.2 Å². The van der Waals surface area contributed by atoms with Crippen LogP contribution in [-0.4, -0.2) is 23.1 Å². The van der Waals surface area contributed by atoms with Crippen molar-refractivity contribution in [2.75, 3.05) is 0 Å². The van der Waals surface area contributed by atoms with Crippen LogP contribution in [0.2, 0.25) is 0 Å². The Hall–Kier alpha value is -4.44. The van der Waals surface area contributed by atoms with Gasteiger partial charge in [-0.2, -0.15) is 0 Å². The molecule has 1 radical (unpaired) electrons. The number of ketones is 4. The second-order valence-corrected chi connectivity index (χ2v) is 7.81. The second kappa shape index (κ2) is 6.53. The maximum atomic E-state index is 13.3. The predicted molar refractivity (Wildman–Crippen MR) is 117 cm³/mol. The first-order chi connectivity index (χ1) is 15.6. The summed E-state index contributed by atoms with van der Waals surface area (Å²) in [6.45, 7) is 0. The largest absolute Gasteiger partial charge is 0.289 e. The molecule has 0 saturated carbocycles. The molecule has 0 heterocycles. The van der Waals surface area contributed by atoms with Crippen molar-refractivity contribution in [2.45, 2.75) is 0 Å². The highest BCUT2D eigenvalue weighted by molar-refractivity contribution is 6.31. The zero-order valence-electron chi connectivity index (χ0n) is 16.6. The van der Waals surface area contributed by atoms with Gasteiger partial charge in [-0.25, -0.2) is 0 Å². The molecule has 32 heavy (non-hydrogen) atoms. The Bertz CT molecular complexity index is 1540. The minimum Gasteiger partial charge on any atom is -0.289 e. The normalized spacial score (nSPS) is 13.9. The fourth-order valence-electron chi connectivity index (χ4n) is 4.57. The van der Waals surface area contributed by atoms with E-state index >= 15 is 0 Å². The number of benzene rings is 4. The third-order valence-electron chi connectivity index (χ3n) is 6.10. The second-order valence-electron chi connectivity index (χ2n) is 7.81. The zero-order valence-corrected chi connectivity index (χ0v) is 16.6. The molecule has 0 aromatic heterocycles. The van der Waals surface area contributed by atoms with Crippen molar-refractivity contribution in [3.05, 3.63) is 129 Å². The summed E-state index contributed by atoms with van der Waals surface area (Å²) in [5.41, 5.74) is 3.68. The van der Waals surface area contributed by atoms with Gasteiger partial charge in [0.2, 0.25) is 0 Å². The maximum absolute atomic E-state index is 13.3. The molecule has 0 spiro atoms. The maximum Gasteiger partial charge on any atom is 0.195 e. The van der Waals surface area contributed by atoms with Gasteiger partial charge < -0.3 is 0 Å². The summed E-state index contributed by atoms with van der Waals surface area (Å²) < 4.78 is 0. The molecule has 6 rings (SSSR count). The molecular formula is C28H13O4. The van der Waals surface area contributed by atoms with Gasteiger partial charge in [0.25, 0.3) is 0 Å². The molecule has 4 heteroatoms. The van der Waals surface area contributed by atoms with Gasteiger partial charge in [-0.15, -0.1) is 0 Å². The lowest BCUT2D eigenvalue weighted by molar-refractivity contribution is 0.0979. The van der Waals surface area contributed by atoms with Gasteiger partial charge in [0.15, 0.2) is 23.1 Å². The van der Waals surface area contributed by atoms with Crippen LogP contribution in [0, 0.1) is 6.07 Å². The average Bonchev–Trinajstić information content (AvgIpc) is 2.85. The Labute approximate surface area is 183 Å². The molecule has 0 bridgehead atoms. The summed E-state index contributed by atoms with van der Waals surface area (Å²) in [4.78, 5) is 52.4. The van der Waals surface area contributed by atoms with Gasteiger partial charge in [-0.05, 0) is 29.8 Å². The summed E-state index contributed by atoms with van der Waals surface area (Å²) in [6.07, 6.45) is 0. The number of carbonyl (C=O) groups excluding carboxylic acids is 4. The predicted octanol–water partition coefficient (Wildman–Crippen LogP) is 4.70. The number of carbonyl (C=O) groups is 4. The standard InChI is InChI=1S/C28H13O4/c29-25-17-6-1-2-7-18(17)27(31)23-14-15(12-13-21(23)25)16-10-5-11-22-24(16)28(32)20-9-4-3-8-19(20)26(22)30/h1-9,11-14H. The van der Waals surface area contributed by atoms with Gasteiger partial charge in [0.05, 0.1) is 0 Å². The van der Waals surface area contributed by atoms with Gasteiger partial charge in [-0.1, -0.05) is 60.7 Å². The van der Waals surface area contributed by atoms with Gasteiger partial charge in [-0.3, -0.25) is 19.2 Å². The summed E-state index contributed by atoms with van der Waals surface area (Å²) in [5, 5.41) is 0. The average molecular weight is 413 g/mol. The van der Waals surface area contributed by atoms with Crippen molar-refractivity contribution >= 4 is 23.1 Å². The van der Waals surface area contributed by atoms with E-state index in [1.807, 2.05) is 0 Å². The summed E-state index contributed by atoms with van der Waals surface area (Å²) in [6, 6.07) is 24.7. The Morgan fingerprint density at radius 2 is 0.969 bits per heavy atom. The van der Waals surface area contributed by atoms with Gasteiger partial charge in [0, 0.05) is 50.1 Å². The number of hydrogen-bond donors (Lipinski definition) is 0. The molecule has 4 nitrogen and oxygen atoms in total. The van der Waals surface area contributed by atoms with Crippen molar-refractivity contribution in [1.82, 2.24) is 0 Å². The van der Waals surface area contributed by atoms with Crippen LogP contribution >= 0.6 is 0 Å². The molecule has 149 valence electrons. The lowest BCUT2D eigenvalue weighted by Crippen LogP contribution is -2.22. The Kier molecular flexibility index (Phi) is 3.74. The first-order valence-corrected chi connectivity index (χ1v) is 10.1. The van der Waals surface area contributed by atoms with Gasteiger partial charge in [0.1, 0.15) is 0 Å². The van der Waals surface area contributed by atoms with Crippen LogP contribution in [0.4, 0.5) is 0 Å². The van der Waals surface area contributed by atoms with Crippen LogP contribution in [-0.2, 0) is 0 Å². The molecule has 0 atom stereocenters. The van der Waals surface area contributed by atoms with Crippen molar-refractivity contribution in [3.63, 3.8) is 0 Å². The Morgan fingerprint density at radius 1 is 0.469 bits per heavy atom. The molecular weight excluding hydrogens is 400 g/mol. The van der Waals surface area contributed by atoms with E-state index in [-0.39, 0.29) is 34.3 Å². The molecule has 0 unspecified atom stereocenters. The lowest BCUT2D eigenvalue weighted by atomic mass is 9.79. The topological polar surface area (TPSA) is 68.3 Å². The minimum absolute atomic E-state index is 0.207. The Morgan fingerprint density at radius 3 is 1.59 bits per heavy atom. The molecule has 0 aliphatic heterocycles. The highest BCUT2D eigenvalue weighted by Gasteiger charge is 2.33. The third-order valence-corrected chi connectivity index (χ3v) is 6.10. The van der Waals surface area contributed by atoms with Crippen LogP contribution < -0.4 is 0 Å². The van der Waals surface area contributed by atoms with Crippen LogP contribution in [0.5, 0.6) is 0 Å². The van der Waals surface area contributed by atoms with E-state index in [0.717, 1.165) is 0 Å². The first-order valence-electron chi connectivity index (χ1n) is 10.1. The highest BCUT2D eigenvalue weighted by Crippen LogP contribution is 2.36. The Balaban J connectivity index is 1.55. The smallest absolute Gasteiger partial charge is 0.195 e. The van der Waals surface area contributed by atoms with E-state index in [4.69, 9.17) is 0 Å². The van der Waals surface area contributed by atoms with Crippen molar-refractivity contribution in [3.8, 4) is 11.1 Å². The van der Waals surface area contributed by atoms with E-state index in [0.29, 0.717) is 44.5 Å². The van der Waals surface area contributed by atoms with E-state index in [1.165, 1.54) is 0 Å². The van der Waals surface area contributed by atoms with E-state index in [1.54, 1.807) is 78.9 Å². The van der Waals surface area contributed by atoms with Crippen molar-refractivity contribution in [1.29, 1.82) is 0 Å². The molecule has 0 saturated heterocycles. The number of hydrogen-bond acceptors (Lipinski definition) is 4. The van der Waals surface area contributed by atoms with Crippen LogP contribution in [0.25, 0.3) is 11.1 Å². The highest BCUT2D eigenvalue weighted by atomic mass is 16.1. The summed E-state index contributed by atoms with van der Waals surface area (Å²) in [5.74, 6) is -0.924. The van der Waals surface area contributed by atoms with Gasteiger partial charge >= 0.3 is 0 Å². The summed E-state index contributed by atoms with van der Waals surface area (Å²) >= 11 is 0. The van der Waals surface area contributed by atoms with Crippen LogP contribution in [0.1, 0.15) is 63.7 Å². The molecule has 4 aromatic carbocycles. The third kappa shape index (κ3) is 2.38. The van der Waals surface area contributed by atoms with E-state index in [9.17, 15) is 19.2 Å². The van der Waals surface area contributed by atoms with Crippen molar-refractivity contribution in [2.24, 2.45) is 0 Å². The molecule has 2 aliphatic carbocycles. The fraction of sp³-hybridized carbons (Fsp3) is 0. The molecule has 0 amide bonds.